The summed E-state index contributed by atoms with van der Waals surface area (Å²) in [5, 5.41) is 8.79. The Kier molecular flexibility index (Phi) is 2.37. The Morgan fingerprint density at radius 1 is 1.55 bits per heavy atom. The van der Waals surface area contributed by atoms with E-state index in [1.165, 1.54) is 6.04 Å². The lowest BCUT2D eigenvalue weighted by Crippen LogP contribution is -2.35. The quantitative estimate of drug-likeness (QED) is 0.616. The Balaban J connectivity index is 2.53. The molecule has 1 atom stereocenters. The van der Waals surface area contributed by atoms with Gasteiger partial charge in [-0.1, -0.05) is 25.6 Å². The average Bonchev–Trinajstić information content (AvgIpc) is 1.85. The van der Waals surface area contributed by atoms with Crippen molar-refractivity contribution in [1.82, 2.24) is 0 Å². The molecule has 1 aliphatic heterocycles. The van der Waals surface area contributed by atoms with Crippen LogP contribution >= 0.6 is 0 Å². The third kappa shape index (κ3) is 2.33. The van der Waals surface area contributed by atoms with E-state index >= 15 is 0 Å². The second-order valence-corrected chi connectivity index (χ2v) is 9.53. The van der Waals surface area contributed by atoms with Crippen LogP contribution in [-0.2, 0) is 4.79 Å². The highest BCUT2D eigenvalue weighted by atomic mass is 28.3. The van der Waals surface area contributed by atoms with Gasteiger partial charge >= 0.3 is 5.97 Å². The van der Waals surface area contributed by atoms with E-state index in [0.717, 1.165) is 18.9 Å². The molecule has 11 heavy (non-hydrogen) atoms. The van der Waals surface area contributed by atoms with Crippen LogP contribution in [0.1, 0.15) is 12.8 Å². The SMILES string of the molecule is C[Si]1(C)CCCC(C(=O)O)C1. The van der Waals surface area contributed by atoms with Crippen LogP contribution in [0.2, 0.25) is 25.2 Å². The van der Waals surface area contributed by atoms with E-state index < -0.39 is 14.0 Å². The summed E-state index contributed by atoms with van der Waals surface area (Å²) in [6.45, 7) is 4.59. The number of carboxylic acid groups (broad SMARTS) is 1. The summed E-state index contributed by atoms with van der Waals surface area (Å²) < 4.78 is 0. The number of hydrogen-bond donors (Lipinski definition) is 1. The molecule has 0 spiro atoms. The van der Waals surface area contributed by atoms with E-state index in [1.54, 1.807) is 0 Å². The molecule has 0 radical (unpaired) electrons. The van der Waals surface area contributed by atoms with Gasteiger partial charge in [0.1, 0.15) is 0 Å². The van der Waals surface area contributed by atoms with Crippen LogP contribution in [0.15, 0.2) is 0 Å². The second-order valence-electron chi connectivity index (χ2n) is 4.30. The average molecular weight is 172 g/mol. The predicted octanol–water partition coefficient (Wildman–Crippen LogP) is 2.19. The lowest BCUT2D eigenvalue weighted by molar-refractivity contribution is -0.141. The predicted molar refractivity (Wildman–Crippen MR) is 47.5 cm³/mol. The molecule has 0 saturated carbocycles. The Bertz CT molecular complexity index is 165. The number of carboxylic acids is 1. The summed E-state index contributed by atoms with van der Waals surface area (Å²) in [7, 11) is -1.10. The van der Waals surface area contributed by atoms with Crippen molar-refractivity contribution in [1.29, 1.82) is 0 Å². The molecule has 1 N–H and O–H groups in total. The maximum Gasteiger partial charge on any atom is 0.306 e. The smallest absolute Gasteiger partial charge is 0.306 e. The maximum atomic E-state index is 10.7. The summed E-state index contributed by atoms with van der Waals surface area (Å²) in [6, 6.07) is 2.30. The fraction of sp³-hybridized carbons (Fsp3) is 0.875. The van der Waals surface area contributed by atoms with E-state index in [-0.39, 0.29) is 5.92 Å². The zero-order valence-electron chi connectivity index (χ0n) is 7.26. The van der Waals surface area contributed by atoms with Gasteiger partial charge in [-0.05, 0) is 12.5 Å². The molecule has 1 saturated heterocycles. The lowest BCUT2D eigenvalue weighted by Gasteiger charge is -2.31. The molecule has 0 bridgehead atoms. The van der Waals surface area contributed by atoms with Gasteiger partial charge in [0.05, 0.1) is 5.92 Å². The summed E-state index contributed by atoms with van der Waals surface area (Å²) in [5.74, 6) is -0.601. The molecule has 0 amide bonds. The summed E-state index contributed by atoms with van der Waals surface area (Å²) in [6.07, 6.45) is 2.04. The van der Waals surface area contributed by atoms with Gasteiger partial charge in [0, 0.05) is 8.07 Å². The molecule has 3 heteroatoms. The van der Waals surface area contributed by atoms with Gasteiger partial charge in [0.2, 0.25) is 0 Å². The molecule has 1 aliphatic rings. The largest absolute Gasteiger partial charge is 0.481 e. The molecule has 64 valence electrons. The Labute approximate surface area is 68.6 Å². The third-order valence-corrected chi connectivity index (χ3v) is 5.86. The highest BCUT2D eigenvalue weighted by Crippen LogP contribution is 2.32. The van der Waals surface area contributed by atoms with Crippen molar-refractivity contribution in [2.24, 2.45) is 5.92 Å². The monoisotopic (exact) mass is 172 g/mol. The zero-order valence-corrected chi connectivity index (χ0v) is 8.26. The van der Waals surface area contributed by atoms with E-state index in [2.05, 4.69) is 13.1 Å². The number of carbonyl (C=O) groups is 1. The minimum Gasteiger partial charge on any atom is -0.481 e. The molecule has 1 unspecified atom stereocenters. The molecule has 0 aromatic heterocycles. The molecule has 1 rings (SSSR count). The maximum absolute atomic E-state index is 10.7. The van der Waals surface area contributed by atoms with Crippen molar-refractivity contribution < 1.29 is 9.90 Å². The summed E-state index contributed by atoms with van der Waals surface area (Å²) in [4.78, 5) is 10.7. The van der Waals surface area contributed by atoms with Crippen molar-refractivity contribution >= 4 is 14.0 Å². The minimum atomic E-state index is -1.10. The topological polar surface area (TPSA) is 37.3 Å². The standard InChI is InChI=1S/C8H16O2Si/c1-11(2)5-3-4-7(6-11)8(9)10/h7H,3-6H2,1-2H3,(H,9,10). The molecule has 0 aromatic carbocycles. The van der Waals surface area contributed by atoms with Crippen molar-refractivity contribution in [2.75, 3.05) is 0 Å². The van der Waals surface area contributed by atoms with Crippen LogP contribution in [0.3, 0.4) is 0 Å². The first kappa shape index (κ1) is 8.78. The zero-order chi connectivity index (χ0) is 8.48. The first-order valence-corrected chi connectivity index (χ1v) is 7.65. The van der Waals surface area contributed by atoms with Crippen molar-refractivity contribution in [2.45, 2.75) is 38.0 Å². The highest BCUT2D eigenvalue weighted by molar-refractivity contribution is 6.77. The molecule has 0 aromatic rings. The van der Waals surface area contributed by atoms with Gasteiger partial charge in [-0.25, -0.2) is 0 Å². The number of rotatable bonds is 1. The lowest BCUT2D eigenvalue weighted by atomic mass is 10.1. The van der Waals surface area contributed by atoms with Crippen LogP contribution < -0.4 is 0 Å². The first-order valence-electron chi connectivity index (χ1n) is 4.24. The second kappa shape index (κ2) is 2.97. The van der Waals surface area contributed by atoms with Crippen molar-refractivity contribution in [3.63, 3.8) is 0 Å². The van der Waals surface area contributed by atoms with Gasteiger partial charge in [-0.15, -0.1) is 0 Å². The first-order chi connectivity index (χ1) is 5.01. The van der Waals surface area contributed by atoms with E-state index in [4.69, 9.17) is 5.11 Å². The number of aliphatic carboxylic acids is 1. The third-order valence-electron chi connectivity index (χ3n) is 2.55. The fourth-order valence-electron chi connectivity index (χ4n) is 1.91. The fourth-order valence-corrected chi connectivity index (χ4v) is 4.99. The molecule has 0 aliphatic carbocycles. The summed E-state index contributed by atoms with van der Waals surface area (Å²) >= 11 is 0. The Morgan fingerprint density at radius 2 is 2.18 bits per heavy atom. The minimum absolute atomic E-state index is 0.0228. The Morgan fingerprint density at radius 3 is 2.55 bits per heavy atom. The van der Waals surface area contributed by atoms with Gasteiger partial charge in [0.15, 0.2) is 0 Å². The molecule has 2 nitrogen and oxygen atoms in total. The molecule has 1 heterocycles. The van der Waals surface area contributed by atoms with Crippen LogP contribution in [0.4, 0.5) is 0 Å². The van der Waals surface area contributed by atoms with Crippen molar-refractivity contribution in [3.8, 4) is 0 Å². The summed E-state index contributed by atoms with van der Waals surface area (Å²) in [5.41, 5.74) is 0. The number of hydrogen-bond acceptors (Lipinski definition) is 1. The van der Waals surface area contributed by atoms with Crippen LogP contribution in [0.5, 0.6) is 0 Å². The highest BCUT2D eigenvalue weighted by Gasteiger charge is 2.32. The van der Waals surface area contributed by atoms with E-state index in [0.29, 0.717) is 0 Å². The van der Waals surface area contributed by atoms with Gasteiger partial charge in [-0.2, -0.15) is 0 Å². The van der Waals surface area contributed by atoms with Crippen molar-refractivity contribution in [3.05, 3.63) is 0 Å². The van der Waals surface area contributed by atoms with Crippen LogP contribution in [0.25, 0.3) is 0 Å². The molecular formula is C8H16O2Si. The normalized spacial score (nSPS) is 29.8. The van der Waals surface area contributed by atoms with Crippen LogP contribution in [0, 0.1) is 5.92 Å². The van der Waals surface area contributed by atoms with Gasteiger partial charge in [-0.3, -0.25) is 4.79 Å². The van der Waals surface area contributed by atoms with E-state index in [9.17, 15) is 4.79 Å². The van der Waals surface area contributed by atoms with Gasteiger partial charge in [0.25, 0.3) is 0 Å². The van der Waals surface area contributed by atoms with E-state index in [1.807, 2.05) is 0 Å². The van der Waals surface area contributed by atoms with Crippen LogP contribution in [-0.4, -0.2) is 19.1 Å². The van der Waals surface area contributed by atoms with Gasteiger partial charge < -0.3 is 5.11 Å². The molecule has 1 fully saturated rings. The Hall–Kier alpha value is -0.313. The molecular weight excluding hydrogens is 156 g/mol.